The van der Waals surface area contributed by atoms with Gasteiger partial charge in [0.1, 0.15) is 0 Å². The Balaban J connectivity index is -0.0000000737. The minimum atomic E-state index is -0.750. The third kappa shape index (κ3) is 128. The lowest BCUT2D eigenvalue weighted by Crippen LogP contribution is -1.99. The molecule has 0 aliphatic rings. The molecular weight excluding hydrogens is 453 g/mol. The van der Waals surface area contributed by atoms with E-state index in [1.165, 1.54) is 27.9 Å². The molecule has 0 aromatic rings. The summed E-state index contributed by atoms with van der Waals surface area (Å²) in [6, 6.07) is 0. The molecule has 0 radical (unpaired) electrons. The highest BCUT2D eigenvalue weighted by Gasteiger charge is 1.88. The van der Waals surface area contributed by atoms with E-state index in [2.05, 4.69) is 21.1 Å². The Morgan fingerprint density at radius 1 is 0.846 bits per heavy atom. The molecule has 0 aliphatic heterocycles. The van der Waals surface area contributed by atoms with E-state index in [-0.39, 0.29) is 23.2 Å². The van der Waals surface area contributed by atoms with Gasteiger partial charge in [0.2, 0.25) is 0 Å². The molecule has 0 aromatic heterocycles. The van der Waals surface area contributed by atoms with Gasteiger partial charge in [-0.3, -0.25) is 14.4 Å². The van der Waals surface area contributed by atoms with Crippen molar-refractivity contribution in [1.82, 2.24) is 0 Å². The Hall–Kier alpha value is -0.140. The number of halogens is 5. The fraction of sp³-hybridized carbons (Fsp3) is 0.800. The van der Waals surface area contributed by atoms with Crippen LogP contribution in [0.1, 0.15) is 47.5 Å². The number of methoxy groups -OCH3 is 1. The summed E-state index contributed by atoms with van der Waals surface area (Å²) in [7, 11) is 1.35. The number of rotatable bonds is 4. The van der Waals surface area contributed by atoms with Crippen LogP contribution in [0.3, 0.4) is 0 Å². The third-order valence-electron chi connectivity index (χ3n) is 1.44. The van der Waals surface area contributed by atoms with Crippen molar-refractivity contribution in [2.24, 2.45) is 0 Å². The third-order valence-corrected chi connectivity index (χ3v) is 1.44. The molecule has 0 saturated heterocycles. The summed E-state index contributed by atoms with van der Waals surface area (Å²) in [6.45, 7) is 9.07. The predicted molar refractivity (Wildman–Crippen MR) is 109 cm³/mol. The van der Waals surface area contributed by atoms with Crippen LogP contribution in [0, 0.1) is 0 Å². The summed E-state index contributed by atoms with van der Waals surface area (Å²) >= 11 is 23.9. The van der Waals surface area contributed by atoms with Gasteiger partial charge in [-0.2, -0.15) is 0 Å². The Kier molecular flexibility index (Phi) is 50.7. The molecule has 0 saturated carbocycles. The molecule has 0 atom stereocenters. The second-order valence-electron chi connectivity index (χ2n) is 3.66. The molecule has 0 bridgehead atoms. The molecule has 0 fully saturated rings. The maximum Gasteiger partial charge on any atom is 0.302 e. The van der Waals surface area contributed by atoms with Crippen LogP contribution in [0.5, 0.6) is 0 Å². The van der Waals surface area contributed by atoms with Crippen LogP contribution in [0.25, 0.3) is 0 Å². The lowest BCUT2D eigenvalue weighted by atomic mass is 10.4. The monoisotopic (exact) mass is 480 g/mol. The highest BCUT2D eigenvalue weighted by Crippen LogP contribution is 2.03. The van der Waals surface area contributed by atoms with Crippen molar-refractivity contribution in [3.8, 4) is 0 Å². The van der Waals surface area contributed by atoms with E-state index in [1.807, 2.05) is 0 Å². The van der Waals surface area contributed by atoms with Gasteiger partial charge in [-0.1, -0.05) is 48.1 Å². The molecule has 0 heterocycles. The summed E-state index contributed by atoms with van der Waals surface area (Å²) < 4.78 is 12.4. The van der Waals surface area contributed by atoms with Gasteiger partial charge in [0.15, 0.2) is 4.30 Å². The predicted octanol–water partition coefficient (Wildman–Crippen LogP) is 5.51. The first-order chi connectivity index (χ1) is 12.0. The number of carbonyl (C=O) groups excluding carboxylic acids is 3. The molecule has 6 nitrogen and oxygen atoms in total. The van der Waals surface area contributed by atoms with Gasteiger partial charge >= 0.3 is 17.9 Å². The molecule has 0 amide bonds. The van der Waals surface area contributed by atoms with E-state index in [4.69, 9.17) is 58.0 Å². The first-order valence-corrected chi connectivity index (χ1v) is 9.69. The first-order valence-electron chi connectivity index (χ1n) is 7.31. The van der Waals surface area contributed by atoms with Crippen LogP contribution < -0.4 is 0 Å². The highest BCUT2D eigenvalue weighted by molar-refractivity contribution is 6.63. The van der Waals surface area contributed by atoms with Crippen molar-refractivity contribution in [3.05, 3.63) is 0 Å². The van der Waals surface area contributed by atoms with Crippen molar-refractivity contribution in [2.75, 3.05) is 25.7 Å². The molecule has 0 unspecified atom stereocenters. The summed E-state index contributed by atoms with van der Waals surface area (Å²) in [5.74, 6) is -0.638. The number of esters is 3. The minimum absolute atomic E-state index is 0.182. The van der Waals surface area contributed by atoms with Gasteiger partial charge in [0.25, 0.3) is 0 Å². The summed E-state index contributed by atoms with van der Waals surface area (Å²) in [5, 5.41) is 0.194. The van der Waals surface area contributed by atoms with Crippen LogP contribution in [0.15, 0.2) is 0 Å². The Labute approximate surface area is 181 Å². The lowest BCUT2D eigenvalue weighted by Gasteiger charge is -1.96. The molecule has 0 aromatic carbocycles. The van der Waals surface area contributed by atoms with Crippen molar-refractivity contribution >= 4 is 75.9 Å². The fourth-order valence-corrected chi connectivity index (χ4v) is 0.563. The lowest BCUT2D eigenvalue weighted by molar-refractivity contribution is -0.141. The van der Waals surface area contributed by atoms with Crippen LogP contribution in [0.2, 0.25) is 0 Å². The smallest absolute Gasteiger partial charge is 0.302 e. The van der Waals surface area contributed by atoms with Crippen LogP contribution in [-0.2, 0) is 28.6 Å². The second kappa shape index (κ2) is 35.9. The van der Waals surface area contributed by atoms with Crippen molar-refractivity contribution in [3.63, 3.8) is 0 Å². The summed E-state index contributed by atoms with van der Waals surface area (Å²) in [4.78, 5) is 29.5. The van der Waals surface area contributed by atoms with Crippen molar-refractivity contribution < 1.29 is 28.6 Å². The molecule has 0 rings (SSSR count). The number of carbonyl (C=O) groups is 3. The van der Waals surface area contributed by atoms with Crippen LogP contribution >= 0.6 is 58.0 Å². The summed E-state index contributed by atoms with van der Waals surface area (Å²) in [5.41, 5.74) is 0. The van der Waals surface area contributed by atoms with E-state index in [1.54, 1.807) is 6.92 Å². The summed E-state index contributed by atoms with van der Waals surface area (Å²) in [6.07, 6.45) is 2.05. The van der Waals surface area contributed by atoms with Crippen molar-refractivity contribution in [1.29, 1.82) is 0 Å². The molecular formula is C15H29Cl5O6. The fourth-order valence-electron chi connectivity index (χ4n) is 0.563. The van der Waals surface area contributed by atoms with Crippen LogP contribution in [0.4, 0.5) is 0 Å². The Morgan fingerprint density at radius 2 is 1.15 bits per heavy atom. The number of hydrogen-bond donors (Lipinski definition) is 0. The second-order valence-corrected chi connectivity index (χ2v) is 6.45. The molecule has 0 spiro atoms. The molecule has 0 N–H and O–H groups in total. The number of alkyl halides is 5. The zero-order valence-corrected chi connectivity index (χ0v) is 19.7. The van der Waals surface area contributed by atoms with Gasteiger partial charge in [0, 0.05) is 20.8 Å². The van der Waals surface area contributed by atoms with E-state index in [0.717, 1.165) is 12.8 Å². The van der Waals surface area contributed by atoms with Crippen molar-refractivity contribution in [2.45, 2.75) is 51.8 Å². The topological polar surface area (TPSA) is 78.9 Å². The SMILES string of the molecule is CCCCOC(C)=O.CCOC(C)=O.COC(C)=O.ClC(Cl)Cl.ClCCl. The number of ether oxygens (including phenoxy) is 3. The average molecular weight is 483 g/mol. The van der Waals surface area contributed by atoms with Gasteiger partial charge in [-0.05, 0) is 13.3 Å². The zero-order chi connectivity index (χ0) is 22.0. The normalized spacial score (nSPS) is 7.85. The van der Waals surface area contributed by atoms with Gasteiger partial charge in [0.05, 0.1) is 25.7 Å². The number of hydrogen-bond acceptors (Lipinski definition) is 6. The maximum atomic E-state index is 10.1. The van der Waals surface area contributed by atoms with Crippen LogP contribution in [-0.4, -0.2) is 47.9 Å². The van der Waals surface area contributed by atoms with Gasteiger partial charge < -0.3 is 14.2 Å². The maximum absolute atomic E-state index is 10.1. The van der Waals surface area contributed by atoms with E-state index >= 15 is 0 Å². The quantitative estimate of drug-likeness (QED) is 0.228. The minimum Gasteiger partial charge on any atom is -0.469 e. The molecule has 160 valence electrons. The largest absolute Gasteiger partial charge is 0.469 e. The zero-order valence-electron chi connectivity index (χ0n) is 16.0. The van der Waals surface area contributed by atoms with Gasteiger partial charge in [-0.25, -0.2) is 0 Å². The number of unbranched alkanes of at least 4 members (excludes halogenated alkanes) is 1. The van der Waals surface area contributed by atoms with E-state index < -0.39 is 4.30 Å². The standard InChI is InChI=1S/C6H12O2.C4H8O2.C3H6O2.CHCl3.CH2Cl2/c1-3-4-5-8-6(2)7;1-3-6-4(2)5;1-3(4)5-2;2-1(3)4;2-1-3/h3-5H2,1-2H3;3H2,1-2H3;1-2H3;1H;1H2. The Bertz CT molecular complexity index is 301. The molecule has 26 heavy (non-hydrogen) atoms. The molecule has 11 heteroatoms. The van der Waals surface area contributed by atoms with E-state index in [0.29, 0.717) is 13.2 Å². The average Bonchev–Trinajstić information content (AvgIpc) is 2.48. The first kappa shape index (κ1) is 36.7. The van der Waals surface area contributed by atoms with Gasteiger partial charge in [-0.15, -0.1) is 23.2 Å². The molecule has 0 aliphatic carbocycles. The Morgan fingerprint density at radius 3 is 1.27 bits per heavy atom. The highest BCUT2D eigenvalue weighted by atomic mass is 35.6. The van der Waals surface area contributed by atoms with E-state index in [9.17, 15) is 14.4 Å².